The van der Waals surface area contributed by atoms with E-state index in [4.69, 9.17) is 4.98 Å². The molecule has 0 saturated carbocycles. The molecule has 10 heteroatoms. The van der Waals surface area contributed by atoms with E-state index in [1.165, 1.54) is 48.9 Å². The van der Waals surface area contributed by atoms with Crippen LogP contribution in [0.2, 0.25) is 0 Å². The van der Waals surface area contributed by atoms with Gasteiger partial charge in [-0.15, -0.1) is 0 Å². The highest BCUT2D eigenvalue weighted by Crippen LogP contribution is 2.29. The molecule has 0 bridgehead atoms. The standard InChI is InChI=1S/C23H26N4O4S2/c1-15(22(29)25-19-9-11-20(12-10-19)33(30,31)27-16(2)28)32-23-18(14-24)13-17-7-5-3-4-6-8-21(17)26-23/h9-13,15H,3-8H2,1-2H3,(H,25,29)(H,27,28). The minimum absolute atomic E-state index is 0.0817. The van der Waals surface area contributed by atoms with Crippen LogP contribution in [-0.4, -0.2) is 30.5 Å². The largest absolute Gasteiger partial charge is 0.325 e. The summed E-state index contributed by atoms with van der Waals surface area (Å²) in [5, 5.41) is 12.4. The van der Waals surface area contributed by atoms with Gasteiger partial charge in [0.15, 0.2) is 0 Å². The van der Waals surface area contributed by atoms with E-state index < -0.39 is 21.2 Å². The van der Waals surface area contributed by atoms with Crippen LogP contribution in [-0.2, 0) is 32.5 Å². The van der Waals surface area contributed by atoms with Crippen molar-refractivity contribution < 1.29 is 18.0 Å². The number of pyridine rings is 1. The molecule has 0 aliphatic heterocycles. The van der Waals surface area contributed by atoms with Crippen molar-refractivity contribution in [2.75, 3.05) is 5.32 Å². The fraction of sp³-hybridized carbons (Fsp3) is 0.391. The lowest BCUT2D eigenvalue weighted by Crippen LogP contribution is -2.28. The van der Waals surface area contributed by atoms with Gasteiger partial charge in [0.25, 0.3) is 10.0 Å². The Bertz CT molecular complexity index is 1190. The molecule has 0 saturated heterocycles. The minimum Gasteiger partial charge on any atom is -0.325 e. The maximum absolute atomic E-state index is 12.7. The Morgan fingerprint density at radius 1 is 1.12 bits per heavy atom. The Morgan fingerprint density at radius 2 is 1.79 bits per heavy atom. The molecule has 1 atom stereocenters. The Hall–Kier alpha value is -2.90. The molecule has 1 unspecified atom stereocenters. The molecule has 2 aromatic rings. The summed E-state index contributed by atoms with van der Waals surface area (Å²) >= 11 is 1.23. The first-order chi connectivity index (χ1) is 15.7. The molecule has 0 radical (unpaired) electrons. The zero-order valence-corrected chi connectivity index (χ0v) is 20.2. The maximum atomic E-state index is 12.7. The predicted octanol–water partition coefficient (Wildman–Crippen LogP) is 3.56. The molecule has 1 heterocycles. The lowest BCUT2D eigenvalue weighted by atomic mass is 9.96. The van der Waals surface area contributed by atoms with Crippen molar-refractivity contribution in [3.63, 3.8) is 0 Å². The minimum atomic E-state index is -3.94. The van der Waals surface area contributed by atoms with E-state index in [2.05, 4.69) is 11.4 Å². The highest BCUT2D eigenvalue weighted by Gasteiger charge is 2.21. The first-order valence-corrected chi connectivity index (χ1v) is 13.1. The maximum Gasteiger partial charge on any atom is 0.264 e. The van der Waals surface area contributed by atoms with Crippen molar-refractivity contribution in [1.82, 2.24) is 9.71 Å². The number of amides is 2. The average Bonchev–Trinajstić information content (AvgIpc) is 2.74. The Labute approximate surface area is 198 Å². The van der Waals surface area contributed by atoms with E-state index in [0.29, 0.717) is 16.3 Å². The molecule has 1 aliphatic carbocycles. The first kappa shape index (κ1) is 24.7. The zero-order chi connectivity index (χ0) is 24.0. The number of fused-ring (bicyclic) bond motifs is 1. The lowest BCUT2D eigenvalue weighted by Gasteiger charge is -2.17. The van der Waals surface area contributed by atoms with Crippen LogP contribution in [0.5, 0.6) is 0 Å². The number of carbonyl (C=O) groups is 2. The van der Waals surface area contributed by atoms with Gasteiger partial charge in [0, 0.05) is 18.3 Å². The molecular weight excluding hydrogens is 460 g/mol. The van der Waals surface area contributed by atoms with Gasteiger partial charge in [0.05, 0.1) is 15.7 Å². The van der Waals surface area contributed by atoms with Gasteiger partial charge in [0.1, 0.15) is 11.1 Å². The molecule has 2 N–H and O–H groups in total. The highest BCUT2D eigenvalue weighted by molar-refractivity contribution is 8.00. The van der Waals surface area contributed by atoms with E-state index in [1.54, 1.807) is 6.92 Å². The van der Waals surface area contributed by atoms with Gasteiger partial charge in [-0.1, -0.05) is 24.6 Å². The summed E-state index contributed by atoms with van der Waals surface area (Å²) < 4.78 is 26.0. The van der Waals surface area contributed by atoms with Crippen molar-refractivity contribution in [2.24, 2.45) is 0 Å². The van der Waals surface area contributed by atoms with E-state index in [1.807, 2.05) is 10.8 Å². The second-order valence-electron chi connectivity index (χ2n) is 7.91. The number of hydrogen-bond donors (Lipinski definition) is 2. The van der Waals surface area contributed by atoms with Gasteiger partial charge in [-0.3, -0.25) is 9.59 Å². The number of hydrogen-bond acceptors (Lipinski definition) is 7. The molecule has 1 aliphatic rings. The number of aromatic nitrogens is 1. The molecule has 0 spiro atoms. The summed E-state index contributed by atoms with van der Waals surface area (Å²) in [6, 6.07) is 9.64. The van der Waals surface area contributed by atoms with E-state index in [9.17, 15) is 23.3 Å². The van der Waals surface area contributed by atoms with Crippen molar-refractivity contribution in [3.8, 4) is 6.07 Å². The van der Waals surface area contributed by atoms with Gasteiger partial charge < -0.3 is 5.32 Å². The van der Waals surface area contributed by atoms with Crippen LogP contribution in [0, 0.1) is 11.3 Å². The summed E-state index contributed by atoms with van der Waals surface area (Å²) in [5.74, 6) is -0.980. The molecule has 8 nitrogen and oxygen atoms in total. The number of nitriles is 1. The molecule has 33 heavy (non-hydrogen) atoms. The lowest BCUT2D eigenvalue weighted by molar-refractivity contribution is -0.117. The van der Waals surface area contributed by atoms with Gasteiger partial charge in [-0.25, -0.2) is 18.1 Å². The molecule has 2 amide bonds. The van der Waals surface area contributed by atoms with Crippen LogP contribution in [0.25, 0.3) is 0 Å². The van der Waals surface area contributed by atoms with Crippen molar-refractivity contribution in [3.05, 3.63) is 47.2 Å². The van der Waals surface area contributed by atoms with Crippen LogP contribution < -0.4 is 10.0 Å². The molecule has 174 valence electrons. The zero-order valence-electron chi connectivity index (χ0n) is 18.6. The summed E-state index contributed by atoms with van der Waals surface area (Å²) in [4.78, 5) is 28.4. The van der Waals surface area contributed by atoms with E-state index >= 15 is 0 Å². The molecular formula is C23H26N4O4S2. The SMILES string of the molecule is CC(=O)NS(=O)(=O)c1ccc(NC(=O)C(C)Sc2nc3c(cc2C#N)CCCCCC3)cc1. The van der Waals surface area contributed by atoms with Crippen LogP contribution in [0.4, 0.5) is 5.69 Å². The third-order valence-corrected chi connectivity index (χ3v) is 7.81. The summed E-state index contributed by atoms with van der Waals surface area (Å²) in [6.07, 6.45) is 6.33. The quantitative estimate of drug-likeness (QED) is 0.597. The second-order valence-corrected chi connectivity index (χ2v) is 10.9. The van der Waals surface area contributed by atoms with E-state index in [0.717, 1.165) is 43.9 Å². The van der Waals surface area contributed by atoms with Gasteiger partial charge in [-0.05, 0) is 68.5 Å². The molecule has 1 aromatic heterocycles. The Kier molecular flexibility index (Phi) is 8.10. The van der Waals surface area contributed by atoms with Gasteiger partial charge in [-0.2, -0.15) is 5.26 Å². The van der Waals surface area contributed by atoms with Gasteiger partial charge in [0.2, 0.25) is 11.8 Å². The Balaban J connectivity index is 1.70. The highest BCUT2D eigenvalue weighted by atomic mass is 32.2. The number of carbonyl (C=O) groups excluding carboxylic acids is 2. The summed E-state index contributed by atoms with van der Waals surface area (Å²) in [5.41, 5.74) is 3.04. The number of thioether (sulfide) groups is 1. The van der Waals surface area contributed by atoms with E-state index in [-0.39, 0.29) is 10.8 Å². The van der Waals surface area contributed by atoms with Crippen LogP contribution in [0.1, 0.15) is 56.4 Å². The third-order valence-electron chi connectivity index (χ3n) is 5.25. The number of sulfonamides is 1. The molecule has 3 rings (SSSR count). The number of rotatable bonds is 6. The smallest absolute Gasteiger partial charge is 0.264 e. The number of anilines is 1. The monoisotopic (exact) mass is 486 g/mol. The summed E-state index contributed by atoms with van der Waals surface area (Å²) in [7, 11) is -3.94. The number of nitrogens with one attached hydrogen (secondary N) is 2. The van der Waals surface area contributed by atoms with Gasteiger partial charge >= 0.3 is 0 Å². The first-order valence-electron chi connectivity index (χ1n) is 10.7. The fourth-order valence-corrected chi connectivity index (χ4v) is 5.45. The topological polar surface area (TPSA) is 129 Å². The number of benzene rings is 1. The predicted molar refractivity (Wildman–Crippen MR) is 126 cm³/mol. The second kappa shape index (κ2) is 10.8. The number of nitrogens with zero attached hydrogens (tertiary/aromatic N) is 2. The van der Waals surface area contributed by atoms with Crippen molar-refractivity contribution in [1.29, 1.82) is 5.26 Å². The average molecular weight is 487 g/mol. The van der Waals surface area contributed by atoms with Crippen LogP contribution in [0.3, 0.4) is 0 Å². The fourth-order valence-electron chi connectivity index (χ4n) is 3.57. The Morgan fingerprint density at radius 3 is 2.42 bits per heavy atom. The summed E-state index contributed by atoms with van der Waals surface area (Å²) in [6.45, 7) is 2.85. The molecule has 1 aromatic carbocycles. The van der Waals surface area contributed by atoms with Crippen LogP contribution >= 0.6 is 11.8 Å². The molecule has 0 fully saturated rings. The number of aryl methyl sites for hydroxylation is 2. The van der Waals surface area contributed by atoms with Crippen molar-refractivity contribution >= 4 is 39.3 Å². The normalized spacial score (nSPS) is 14.7. The van der Waals surface area contributed by atoms with Crippen LogP contribution in [0.15, 0.2) is 40.3 Å². The van der Waals surface area contributed by atoms with Crippen molar-refractivity contribution in [2.45, 2.75) is 67.5 Å². The third kappa shape index (κ3) is 6.55.